The molecule has 3 rings (SSSR count). The molecule has 0 unspecified atom stereocenters. The third kappa shape index (κ3) is 2.93. The van der Waals surface area contributed by atoms with Crippen molar-refractivity contribution in [3.8, 4) is 5.75 Å². The monoisotopic (exact) mass is 272 g/mol. The summed E-state index contributed by atoms with van der Waals surface area (Å²) in [5.74, 6) is 0.910. The van der Waals surface area contributed by atoms with Crippen molar-refractivity contribution in [3.05, 3.63) is 42.2 Å². The van der Waals surface area contributed by atoms with Gasteiger partial charge >= 0.3 is 0 Å². The number of aromatic nitrogens is 2. The third-order valence-corrected chi connectivity index (χ3v) is 3.77. The van der Waals surface area contributed by atoms with Crippen LogP contribution in [0.2, 0.25) is 0 Å². The minimum atomic E-state index is 0.910. The van der Waals surface area contributed by atoms with E-state index in [-0.39, 0.29) is 0 Å². The van der Waals surface area contributed by atoms with Gasteiger partial charge in [0.25, 0.3) is 0 Å². The Morgan fingerprint density at radius 2 is 1.90 bits per heavy atom. The second kappa shape index (κ2) is 5.96. The third-order valence-electron chi connectivity index (χ3n) is 3.77. The SMILES string of the molecule is COc1ccc(N2CCN(Cc3cn[nH]c3)CC2)cc1. The van der Waals surface area contributed by atoms with Crippen LogP contribution in [0.15, 0.2) is 36.7 Å². The molecule has 106 valence electrons. The van der Waals surface area contributed by atoms with Gasteiger partial charge in [-0.1, -0.05) is 0 Å². The van der Waals surface area contributed by atoms with Crippen LogP contribution in [0.25, 0.3) is 0 Å². The van der Waals surface area contributed by atoms with E-state index in [0.717, 1.165) is 38.5 Å². The molecular weight excluding hydrogens is 252 g/mol. The van der Waals surface area contributed by atoms with Gasteiger partial charge in [0.15, 0.2) is 0 Å². The van der Waals surface area contributed by atoms with Crippen molar-refractivity contribution in [1.82, 2.24) is 15.1 Å². The van der Waals surface area contributed by atoms with Crippen molar-refractivity contribution < 1.29 is 4.74 Å². The highest BCUT2D eigenvalue weighted by atomic mass is 16.5. The number of hydrogen-bond donors (Lipinski definition) is 1. The molecule has 1 fully saturated rings. The molecule has 2 heterocycles. The van der Waals surface area contributed by atoms with Gasteiger partial charge in [-0.2, -0.15) is 5.10 Å². The number of H-pyrrole nitrogens is 1. The number of piperazine rings is 1. The summed E-state index contributed by atoms with van der Waals surface area (Å²) in [6.07, 6.45) is 3.87. The van der Waals surface area contributed by atoms with Gasteiger partial charge in [0.05, 0.1) is 13.3 Å². The zero-order valence-electron chi connectivity index (χ0n) is 11.7. The maximum absolute atomic E-state index is 5.20. The maximum Gasteiger partial charge on any atom is 0.119 e. The summed E-state index contributed by atoms with van der Waals surface area (Å²) in [5, 5.41) is 6.86. The number of nitrogens with one attached hydrogen (secondary N) is 1. The second-order valence-electron chi connectivity index (χ2n) is 5.07. The van der Waals surface area contributed by atoms with E-state index >= 15 is 0 Å². The average molecular weight is 272 g/mol. The Morgan fingerprint density at radius 3 is 2.50 bits per heavy atom. The first-order valence-electron chi connectivity index (χ1n) is 6.94. The highest BCUT2D eigenvalue weighted by Crippen LogP contribution is 2.20. The van der Waals surface area contributed by atoms with Crippen LogP contribution in [0, 0.1) is 0 Å². The predicted octanol–water partition coefficient (Wildman–Crippen LogP) is 1.74. The molecule has 2 aromatic rings. The summed E-state index contributed by atoms with van der Waals surface area (Å²) in [6.45, 7) is 5.26. The summed E-state index contributed by atoms with van der Waals surface area (Å²) in [7, 11) is 1.70. The smallest absolute Gasteiger partial charge is 0.119 e. The second-order valence-corrected chi connectivity index (χ2v) is 5.07. The van der Waals surface area contributed by atoms with Gasteiger partial charge in [-0.25, -0.2) is 0 Å². The minimum absolute atomic E-state index is 0.910. The molecule has 0 aliphatic carbocycles. The summed E-state index contributed by atoms with van der Waals surface area (Å²) >= 11 is 0. The van der Waals surface area contributed by atoms with Crippen LogP contribution in [0.1, 0.15) is 5.56 Å². The van der Waals surface area contributed by atoms with Crippen LogP contribution in [0.4, 0.5) is 5.69 Å². The number of anilines is 1. The van der Waals surface area contributed by atoms with E-state index in [0.29, 0.717) is 0 Å². The lowest BCUT2D eigenvalue weighted by Crippen LogP contribution is -2.45. The molecule has 20 heavy (non-hydrogen) atoms. The molecule has 5 heteroatoms. The first-order valence-corrected chi connectivity index (χ1v) is 6.94. The zero-order valence-corrected chi connectivity index (χ0v) is 11.7. The van der Waals surface area contributed by atoms with Crippen LogP contribution >= 0.6 is 0 Å². The fraction of sp³-hybridized carbons (Fsp3) is 0.400. The minimum Gasteiger partial charge on any atom is -0.497 e. The van der Waals surface area contributed by atoms with E-state index in [9.17, 15) is 0 Å². The molecule has 1 aromatic heterocycles. The van der Waals surface area contributed by atoms with E-state index in [4.69, 9.17) is 4.74 Å². The van der Waals surface area contributed by atoms with Gasteiger partial charge in [0.1, 0.15) is 5.75 Å². The molecule has 1 N–H and O–H groups in total. The van der Waals surface area contributed by atoms with E-state index in [1.807, 2.05) is 24.5 Å². The topological polar surface area (TPSA) is 44.4 Å². The molecule has 0 spiro atoms. The Morgan fingerprint density at radius 1 is 1.15 bits per heavy atom. The molecule has 1 aliphatic heterocycles. The highest BCUT2D eigenvalue weighted by molar-refractivity contribution is 5.49. The lowest BCUT2D eigenvalue weighted by Gasteiger charge is -2.36. The van der Waals surface area contributed by atoms with Gasteiger partial charge in [-0.3, -0.25) is 10.00 Å². The Balaban J connectivity index is 1.55. The lowest BCUT2D eigenvalue weighted by molar-refractivity contribution is 0.250. The van der Waals surface area contributed by atoms with Crippen LogP contribution < -0.4 is 9.64 Å². The maximum atomic E-state index is 5.20. The summed E-state index contributed by atoms with van der Waals surface area (Å²) in [6, 6.07) is 8.30. The van der Waals surface area contributed by atoms with Crippen LogP contribution in [-0.4, -0.2) is 48.4 Å². The number of nitrogens with zero attached hydrogens (tertiary/aromatic N) is 3. The molecule has 0 radical (unpaired) electrons. The first kappa shape index (κ1) is 13.0. The number of methoxy groups -OCH3 is 1. The number of rotatable bonds is 4. The summed E-state index contributed by atoms with van der Waals surface area (Å²) in [5.41, 5.74) is 2.52. The van der Waals surface area contributed by atoms with E-state index in [2.05, 4.69) is 32.1 Å². The van der Waals surface area contributed by atoms with Crippen molar-refractivity contribution >= 4 is 5.69 Å². The van der Waals surface area contributed by atoms with E-state index < -0.39 is 0 Å². The van der Waals surface area contributed by atoms with Crippen molar-refractivity contribution in [2.24, 2.45) is 0 Å². The quantitative estimate of drug-likeness (QED) is 0.921. The van der Waals surface area contributed by atoms with Crippen molar-refractivity contribution in [2.45, 2.75) is 6.54 Å². The van der Waals surface area contributed by atoms with E-state index in [1.165, 1.54) is 11.3 Å². The van der Waals surface area contributed by atoms with Gasteiger partial charge in [-0.15, -0.1) is 0 Å². The molecule has 1 aliphatic rings. The largest absolute Gasteiger partial charge is 0.497 e. The van der Waals surface area contributed by atoms with Crippen molar-refractivity contribution in [2.75, 3.05) is 38.2 Å². The molecule has 1 saturated heterocycles. The van der Waals surface area contributed by atoms with E-state index in [1.54, 1.807) is 7.11 Å². The molecular formula is C15H20N4O. The molecule has 0 atom stereocenters. The van der Waals surface area contributed by atoms with Gasteiger partial charge in [0.2, 0.25) is 0 Å². The van der Waals surface area contributed by atoms with Gasteiger partial charge < -0.3 is 9.64 Å². The molecule has 5 nitrogen and oxygen atoms in total. The first-order chi connectivity index (χ1) is 9.85. The Kier molecular flexibility index (Phi) is 3.87. The normalized spacial score (nSPS) is 16.4. The van der Waals surface area contributed by atoms with Crippen LogP contribution in [0.3, 0.4) is 0 Å². The zero-order chi connectivity index (χ0) is 13.8. The Bertz CT molecular complexity index is 515. The lowest BCUT2D eigenvalue weighted by atomic mass is 10.2. The molecule has 1 aromatic carbocycles. The van der Waals surface area contributed by atoms with Crippen LogP contribution in [0.5, 0.6) is 5.75 Å². The Labute approximate surface area is 119 Å². The fourth-order valence-electron chi connectivity index (χ4n) is 2.58. The molecule has 0 saturated carbocycles. The Hall–Kier alpha value is -2.01. The summed E-state index contributed by atoms with van der Waals surface area (Å²) in [4.78, 5) is 4.89. The number of ether oxygens (including phenoxy) is 1. The van der Waals surface area contributed by atoms with Crippen molar-refractivity contribution in [3.63, 3.8) is 0 Å². The van der Waals surface area contributed by atoms with Gasteiger partial charge in [0, 0.05) is 50.2 Å². The standard InChI is InChI=1S/C15H20N4O/c1-20-15-4-2-14(3-5-15)19-8-6-18(7-9-19)12-13-10-16-17-11-13/h2-5,10-11H,6-9,12H2,1H3,(H,16,17). The predicted molar refractivity (Wildman–Crippen MR) is 79.1 cm³/mol. The molecule has 0 amide bonds. The fourth-order valence-corrected chi connectivity index (χ4v) is 2.58. The number of hydrogen-bond acceptors (Lipinski definition) is 4. The van der Waals surface area contributed by atoms with Crippen LogP contribution in [-0.2, 0) is 6.54 Å². The highest BCUT2D eigenvalue weighted by Gasteiger charge is 2.17. The summed E-state index contributed by atoms with van der Waals surface area (Å²) < 4.78 is 5.20. The van der Waals surface area contributed by atoms with Crippen molar-refractivity contribution in [1.29, 1.82) is 0 Å². The average Bonchev–Trinajstić information content (AvgIpc) is 3.01. The van der Waals surface area contributed by atoms with Gasteiger partial charge in [-0.05, 0) is 24.3 Å². The number of aromatic amines is 1. The number of benzene rings is 1. The molecule has 0 bridgehead atoms.